The summed E-state index contributed by atoms with van der Waals surface area (Å²) >= 11 is 0. The lowest BCUT2D eigenvalue weighted by Crippen LogP contribution is -2.50. The van der Waals surface area contributed by atoms with Crippen molar-refractivity contribution in [2.45, 2.75) is 52.0 Å². The van der Waals surface area contributed by atoms with Gasteiger partial charge < -0.3 is 30.6 Å². The molecule has 1 aliphatic rings. The number of carbonyl (C=O) groups excluding carboxylic acids is 2. The molecule has 1 atom stereocenters. The van der Waals surface area contributed by atoms with Crippen LogP contribution in [0.1, 0.15) is 55.6 Å². The number of nitrogens with zero attached hydrogens (tertiary/aromatic N) is 3. The van der Waals surface area contributed by atoms with E-state index in [1.165, 1.54) is 0 Å². The molecule has 5 N–H and O–H groups in total. The van der Waals surface area contributed by atoms with Crippen LogP contribution in [0.2, 0.25) is 0 Å². The first-order valence-corrected chi connectivity index (χ1v) is 13.9. The minimum atomic E-state index is -0.804. The number of benzene rings is 2. The van der Waals surface area contributed by atoms with Gasteiger partial charge in [0, 0.05) is 37.4 Å². The van der Waals surface area contributed by atoms with Crippen LogP contribution in [0.15, 0.2) is 36.4 Å². The molecule has 0 spiro atoms. The molecule has 0 saturated carbocycles. The van der Waals surface area contributed by atoms with Crippen LogP contribution in [0.3, 0.4) is 0 Å². The number of aromatic amines is 1. The Bertz CT molecular complexity index is 1360. The van der Waals surface area contributed by atoms with Gasteiger partial charge >= 0.3 is 5.97 Å². The summed E-state index contributed by atoms with van der Waals surface area (Å²) in [4.78, 5) is 38.3. The molecular weight excluding hydrogens is 506 g/mol. The fourth-order valence-electron chi connectivity index (χ4n) is 5.57. The van der Waals surface area contributed by atoms with E-state index < -0.39 is 5.41 Å². The standard InChI is InChI=1S/C30H41N7O3/c1-5-40-26(38)14-17-36(4)19-30(3,29(39)37-15-6-7-16-37)23-12-13-24-27(20(23)2)35-25(34-24)18-33-22-10-8-21(9-11-22)28(31)32/h8-13,33H,5-7,14-19H2,1-4H3,(H3,31,32)(H,34,35). The first-order valence-electron chi connectivity index (χ1n) is 13.9. The summed E-state index contributed by atoms with van der Waals surface area (Å²) in [6.45, 7) is 9.23. The van der Waals surface area contributed by atoms with E-state index in [-0.39, 0.29) is 24.1 Å². The van der Waals surface area contributed by atoms with Gasteiger partial charge in [-0.1, -0.05) is 6.07 Å². The van der Waals surface area contributed by atoms with Gasteiger partial charge in [0.05, 0.1) is 36.0 Å². The van der Waals surface area contributed by atoms with Gasteiger partial charge in [-0.25, -0.2) is 4.98 Å². The predicted molar refractivity (Wildman–Crippen MR) is 158 cm³/mol. The lowest BCUT2D eigenvalue weighted by Gasteiger charge is -2.37. The quantitative estimate of drug-likeness (QED) is 0.154. The van der Waals surface area contributed by atoms with Gasteiger partial charge in [0.2, 0.25) is 5.91 Å². The summed E-state index contributed by atoms with van der Waals surface area (Å²) < 4.78 is 5.10. The number of hydrogen-bond acceptors (Lipinski definition) is 7. The zero-order chi connectivity index (χ0) is 28.9. The van der Waals surface area contributed by atoms with Gasteiger partial charge in [-0.2, -0.15) is 0 Å². The van der Waals surface area contributed by atoms with Crippen molar-refractivity contribution in [2.24, 2.45) is 5.73 Å². The maximum atomic E-state index is 14.0. The number of nitrogen functional groups attached to an aromatic ring is 1. The molecule has 1 amide bonds. The average molecular weight is 548 g/mol. The van der Waals surface area contributed by atoms with E-state index in [2.05, 4.69) is 10.3 Å². The molecule has 1 aromatic heterocycles. The Balaban J connectivity index is 1.58. The van der Waals surface area contributed by atoms with Crippen molar-refractivity contribution in [2.75, 3.05) is 45.2 Å². The molecule has 40 heavy (non-hydrogen) atoms. The number of nitrogens with two attached hydrogens (primary N) is 1. The van der Waals surface area contributed by atoms with Gasteiger partial charge in [-0.3, -0.25) is 15.0 Å². The minimum absolute atomic E-state index is 0.0375. The summed E-state index contributed by atoms with van der Waals surface area (Å²) in [5, 5.41) is 10.9. The highest BCUT2D eigenvalue weighted by Crippen LogP contribution is 2.34. The van der Waals surface area contributed by atoms with Crippen LogP contribution >= 0.6 is 0 Å². The number of aryl methyl sites for hydroxylation is 1. The highest BCUT2D eigenvalue weighted by molar-refractivity contribution is 5.95. The second kappa shape index (κ2) is 12.5. The molecule has 214 valence electrons. The summed E-state index contributed by atoms with van der Waals surface area (Å²) in [5.41, 5.74) is 10.0. The molecule has 10 nitrogen and oxygen atoms in total. The van der Waals surface area contributed by atoms with E-state index >= 15 is 0 Å². The molecule has 1 fully saturated rings. The highest BCUT2D eigenvalue weighted by Gasteiger charge is 2.41. The van der Waals surface area contributed by atoms with E-state index in [4.69, 9.17) is 20.9 Å². The number of imidazole rings is 1. The van der Waals surface area contributed by atoms with Gasteiger partial charge in [0.25, 0.3) is 0 Å². The SMILES string of the molecule is CCOC(=O)CCN(C)CC(C)(C(=O)N1CCCC1)c1ccc2[nH]c(CNc3ccc(C(=N)N)cc3)nc2c1C. The lowest BCUT2D eigenvalue weighted by atomic mass is 9.77. The Hall–Kier alpha value is -3.92. The van der Waals surface area contributed by atoms with E-state index in [0.717, 1.165) is 59.6 Å². The van der Waals surface area contributed by atoms with Crippen molar-refractivity contribution < 1.29 is 14.3 Å². The van der Waals surface area contributed by atoms with Crippen molar-refractivity contribution in [3.63, 3.8) is 0 Å². The molecule has 10 heteroatoms. The molecule has 1 unspecified atom stereocenters. The number of aromatic nitrogens is 2. The third-order valence-corrected chi connectivity index (χ3v) is 7.66. The Kier molecular flexibility index (Phi) is 9.09. The number of amidine groups is 1. The zero-order valence-corrected chi connectivity index (χ0v) is 24.0. The number of carbonyl (C=O) groups is 2. The Morgan fingerprint density at radius 3 is 2.55 bits per heavy atom. The van der Waals surface area contributed by atoms with Gasteiger partial charge in [-0.05, 0) is 82.1 Å². The Morgan fingerprint density at radius 2 is 1.90 bits per heavy atom. The number of nitrogens with one attached hydrogen (secondary N) is 3. The van der Waals surface area contributed by atoms with Crippen molar-refractivity contribution in [1.82, 2.24) is 19.8 Å². The number of likely N-dealkylation sites (tertiary alicyclic amines) is 1. The smallest absolute Gasteiger partial charge is 0.307 e. The molecule has 1 saturated heterocycles. The van der Waals surface area contributed by atoms with Gasteiger partial charge in [-0.15, -0.1) is 0 Å². The fraction of sp³-hybridized carbons (Fsp3) is 0.467. The number of fused-ring (bicyclic) bond motifs is 1. The van der Waals surface area contributed by atoms with E-state index in [1.807, 2.05) is 67.1 Å². The average Bonchev–Trinajstić information content (AvgIpc) is 3.61. The third kappa shape index (κ3) is 6.44. The van der Waals surface area contributed by atoms with Crippen LogP contribution in [0.4, 0.5) is 5.69 Å². The monoisotopic (exact) mass is 547 g/mol. The van der Waals surface area contributed by atoms with Crippen molar-refractivity contribution >= 4 is 34.4 Å². The molecule has 0 radical (unpaired) electrons. The first kappa shape index (κ1) is 29.1. The number of rotatable bonds is 12. The molecule has 2 heterocycles. The third-order valence-electron chi connectivity index (χ3n) is 7.66. The van der Waals surface area contributed by atoms with E-state index in [1.54, 1.807) is 6.92 Å². The van der Waals surface area contributed by atoms with Crippen LogP contribution in [0.25, 0.3) is 11.0 Å². The van der Waals surface area contributed by atoms with Gasteiger partial charge in [0.1, 0.15) is 11.7 Å². The van der Waals surface area contributed by atoms with Crippen LogP contribution in [0, 0.1) is 12.3 Å². The van der Waals surface area contributed by atoms with E-state index in [0.29, 0.717) is 31.8 Å². The number of hydrogen-bond donors (Lipinski definition) is 4. The number of ether oxygens (including phenoxy) is 1. The second-order valence-corrected chi connectivity index (χ2v) is 10.8. The number of likely N-dealkylation sites (N-methyl/N-ethyl adjacent to an activating group) is 1. The summed E-state index contributed by atoms with van der Waals surface area (Å²) in [6, 6.07) is 11.4. The molecule has 1 aliphatic heterocycles. The maximum absolute atomic E-state index is 14.0. The second-order valence-electron chi connectivity index (χ2n) is 10.8. The topological polar surface area (TPSA) is 140 Å². The zero-order valence-electron chi connectivity index (χ0n) is 24.0. The van der Waals surface area contributed by atoms with Crippen LogP contribution in [0.5, 0.6) is 0 Å². The van der Waals surface area contributed by atoms with Crippen LogP contribution in [-0.2, 0) is 26.3 Å². The largest absolute Gasteiger partial charge is 0.466 e. The van der Waals surface area contributed by atoms with Crippen LogP contribution < -0.4 is 11.1 Å². The predicted octanol–water partition coefficient (Wildman–Crippen LogP) is 3.53. The highest BCUT2D eigenvalue weighted by atomic mass is 16.5. The molecule has 0 bridgehead atoms. The van der Waals surface area contributed by atoms with Crippen molar-refractivity contribution in [1.29, 1.82) is 5.41 Å². The summed E-state index contributed by atoms with van der Waals surface area (Å²) in [6.07, 6.45) is 2.32. The molecule has 0 aliphatic carbocycles. The molecule has 4 rings (SSSR count). The van der Waals surface area contributed by atoms with Crippen molar-refractivity contribution in [3.8, 4) is 0 Å². The van der Waals surface area contributed by atoms with Crippen LogP contribution in [-0.4, -0.2) is 77.3 Å². The number of amides is 1. The van der Waals surface area contributed by atoms with E-state index in [9.17, 15) is 9.59 Å². The Labute approximate surface area is 235 Å². The number of H-pyrrole nitrogens is 1. The normalized spacial score (nSPS) is 14.9. The first-order chi connectivity index (χ1) is 19.1. The molecular formula is C30H41N7O3. The Morgan fingerprint density at radius 1 is 1.20 bits per heavy atom. The minimum Gasteiger partial charge on any atom is -0.466 e. The fourth-order valence-corrected chi connectivity index (χ4v) is 5.57. The summed E-state index contributed by atoms with van der Waals surface area (Å²) in [7, 11) is 1.95. The lowest BCUT2D eigenvalue weighted by molar-refractivity contribution is -0.143. The van der Waals surface area contributed by atoms with Crippen molar-refractivity contribution in [3.05, 3.63) is 58.9 Å². The summed E-state index contributed by atoms with van der Waals surface area (Å²) in [5.74, 6) is 0.703. The molecule has 3 aromatic rings. The number of anilines is 1. The number of esters is 1. The maximum Gasteiger partial charge on any atom is 0.307 e. The molecule has 2 aromatic carbocycles. The van der Waals surface area contributed by atoms with Gasteiger partial charge in [0.15, 0.2) is 0 Å².